The molecule has 4 heteroatoms. The molecular weight excluding hydrogens is 262 g/mol. The van der Waals surface area contributed by atoms with E-state index < -0.39 is 0 Å². The van der Waals surface area contributed by atoms with Gasteiger partial charge in [-0.25, -0.2) is 4.98 Å². The highest BCUT2D eigenvalue weighted by Gasteiger charge is 2.09. The molecule has 0 unspecified atom stereocenters. The highest BCUT2D eigenvalue weighted by Crippen LogP contribution is 2.25. The Morgan fingerprint density at radius 3 is 2.76 bits per heavy atom. The summed E-state index contributed by atoms with van der Waals surface area (Å²) in [7, 11) is 0. The smallest absolute Gasteiger partial charge is 0.138 e. The van der Waals surface area contributed by atoms with Crippen LogP contribution in [0.3, 0.4) is 0 Å². The Kier molecular flexibility index (Phi) is 3.62. The minimum absolute atomic E-state index is 0.153. The van der Waals surface area contributed by atoms with Gasteiger partial charge in [-0.05, 0) is 37.6 Å². The number of nitrogens with two attached hydrogens (primary N) is 1. The van der Waals surface area contributed by atoms with Gasteiger partial charge in [0, 0.05) is 12.1 Å². The minimum Gasteiger partial charge on any atom is -0.491 e. The van der Waals surface area contributed by atoms with Crippen LogP contribution in [-0.2, 0) is 6.54 Å². The van der Waals surface area contributed by atoms with Gasteiger partial charge in [-0.3, -0.25) is 0 Å². The molecule has 0 radical (unpaired) electrons. The van der Waals surface area contributed by atoms with Crippen LogP contribution in [0, 0.1) is 0 Å². The number of nitrogens with one attached hydrogen (secondary N) is 1. The van der Waals surface area contributed by atoms with E-state index in [9.17, 15) is 0 Å². The molecular formula is C17H19N3O. The Bertz CT molecular complexity index is 762. The number of imidazole rings is 1. The van der Waals surface area contributed by atoms with Gasteiger partial charge in [0.15, 0.2) is 0 Å². The van der Waals surface area contributed by atoms with Crippen molar-refractivity contribution in [3.05, 3.63) is 48.0 Å². The van der Waals surface area contributed by atoms with Gasteiger partial charge >= 0.3 is 0 Å². The van der Waals surface area contributed by atoms with Crippen molar-refractivity contribution in [2.24, 2.45) is 5.73 Å². The Labute approximate surface area is 124 Å². The van der Waals surface area contributed by atoms with E-state index in [1.54, 1.807) is 0 Å². The fourth-order valence-electron chi connectivity index (χ4n) is 2.38. The first-order valence-corrected chi connectivity index (χ1v) is 7.12. The Morgan fingerprint density at radius 1 is 1.19 bits per heavy atom. The zero-order valence-corrected chi connectivity index (χ0v) is 12.3. The highest BCUT2D eigenvalue weighted by atomic mass is 16.5. The Morgan fingerprint density at radius 2 is 2.00 bits per heavy atom. The number of hydrogen-bond donors (Lipinski definition) is 2. The summed E-state index contributed by atoms with van der Waals surface area (Å²) in [6, 6.07) is 14.0. The summed E-state index contributed by atoms with van der Waals surface area (Å²) in [5.41, 5.74) is 9.76. The number of H-pyrrole nitrogens is 1. The zero-order chi connectivity index (χ0) is 14.8. The normalized spacial score (nSPS) is 11.2. The summed E-state index contributed by atoms with van der Waals surface area (Å²) >= 11 is 0. The third-order valence-corrected chi connectivity index (χ3v) is 3.30. The summed E-state index contributed by atoms with van der Waals surface area (Å²) < 4.78 is 5.73. The molecule has 2 aromatic carbocycles. The molecule has 0 aliphatic carbocycles. The summed E-state index contributed by atoms with van der Waals surface area (Å²) in [6.45, 7) is 4.51. The summed E-state index contributed by atoms with van der Waals surface area (Å²) in [5.74, 6) is 1.68. The summed E-state index contributed by atoms with van der Waals surface area (Å²) in [4.78, 5) is 8.03. The molecule has 0 spiro atoms. The van der Waals surface area contributed by atoms with Crippen LogP contribution in [0.15, 0.2) is 42.5 Å². The van der Waals surface area contributed by atoms with E-state index in [2.05, 4.69) is 9.97 Å². The standard InChI is InChI=1S/C17H19N3O/c1-11(2)21-14-7-3-5-12(9-14)17-19-15-8-4-6-13(10-18)16(15)20-17/h3-9,11H,10,18H2,1-2H3,(H,19,20). The van der Waals surface area contributed by atoms with E-state index in [0.717, 1.165) is 33.7 Å². The van der Waals surface area contributed by atoms with Crippen molar-refractivity contribution >= 4 is 11.0 Å². The predicted molar refractivity (Wildman–Crippen MR) is 85.2 cm³/mol. The summed E-state index contributed by atoms with van der Waals surface area (Å²) in [5, 5.41) is 0. The van der Waals surface area contributed by atoms with Crippen molar-refractivity contribution in [2.45, 2.75) is 26.5 Å². The number of hydrogen-bond acceptors (Lipinski definition) is 3. The first-order valence-electron chi connectivity index (χ1n) is 7.12. The maximum atomic E-state index is 5.77. The van der Waals surface area contributed by atoms with E-state index in [1.165, 1.54) is 0 Å². The molecule has 0 aliphatic heterocycles. The van der Waals surface area contributed by atoms with Crippen LogP contribution < -0.4 is 10.5 Å². The summed E-state index contributed by atoms with van der Waals surface area (Å²) in [6.07, 6.45) is 0.153. The SMILES string of the molecule is CC(C)Oc1cccc(-c2nc3c(CN)cccc3[nH]2)c1. The second kappa shape index (κ2) is 5.58. The monoisotopic (exact) mass is 281 g/mol. The van der Waals surface area contributed by atoms with Crippen LogP contribution in [0.4, 0.5) is 0 Å². The average Bonchev–Trinajstić information content (AvgIpc) is 2.90. The van der Waals surface area contributed by atoms with Crippen LogP contribution in [0.25, 0.3) is 22.4 Å². The molecule has 0 amide bonds. The second-order valence-corrected chi connectivity index (χ2v) is 5.30. The second-order valence-electron chi connectivity index (χ2n) is 5.30. The molecule has 1 aromatic heterocycles. The maximum Gasteiger partial charge on any atom is 0.138 e. The van der Waals surface area contributed by atoms with Gasteiger partial charge in [0.1, 0.15) is 11.6 Å². The number of rotatable bonds is 4. The number of fused-ring (bicyclic) bond motifs is 1. The van der Waals surface area contributed by atoms with Gasteiger partial charge in [0.2, 0.25) is 0 Å². The lowest BCUT2D eigenvalue weighted by atomic mass is 10.2. The maximum absolute atomic E-state index is 5.77. The van der Waals surface area contributed by atoms with Crippen molar-refractivity contribution in [1.29, 1.82) is 0 Å². The number of aromatic nitrogens is 2. The molecule has 0 saturated carbocycles. The zero-order valence-electron chi connectivity index (χ0n) is 12.3. The van der Waals surface area contributed by atoms with Crippen LogP contribution in [0.5, 0.6) is 5.75 Å². The Hall–Kier alpha value is -2.33. The van der Waals surface area contributed by atoms with Crippen LogP contribution >= 0.6 is 0 Å². The van der Waals surface area contributed by atoms with Gasteiger partial charge in [0.25, 0.3) is 0 Å². The largest absolute Gasteiger partial charge is 0.491 e. The fraction of sp³-hybridized carbons (Fsp3) is 0.235. The lowest BCUT2D eigenvalue weighted by Gasteiger charge is -2.10. The minimum atomic E-state index is 0.153. The molecule has 0 fully saturated rings. The van der Waals surface area contributed by atoms with Gasteiger partial charge in [-0.1, -0.05) is 24.3 Å². The molecule has 0 bridgehead atoms. The lowest BCUT2D eigenvalue weighted by molar-refractivity contribution is 0.242. The average molecular weight is 281 g/mol. The molecule has 0 atom stereocenters. The Balaban J connectivity index is 2.04. The molecule has 21 heavy (non-hydrogen) atoms. The van der Waals surface area contributed by atoms with E-state index in [-0.39, 0.29) is 6.10 Å². The van der Waals surface area contributed by atoms with Crippen molar-refractivity contribution in [2.75, 3.05) is 0 Å². The van der Waals surface area contributed by atoms with E-state index in [4.69, 9.17) is 10.5 Å². The van der Waals surface area contributed by atoms with Crippen molar-refractivity contribution < 1.29 is 4.74 Å². The van der Waals surface area contributed by atoms with Crippen LogP contribution in [0.2, 0.25) is 0 Å². The van der Waals surface area contributed by atoms with E-state index >= 15 is 0 Å². The first kappa shape index (κ1) is 13.6. The molecule has 3 N–H and O–H groups in total. The number of benzene rings is 2. The molecule has 3 aromatic rings. The molecule has 3 rings (SSSR count). The molecule has 1 heterocycles. The topological polar surface area (TPSA) is 63.9 Å². The van der Waals surface area contributed by atoms with Crippen molar-refractivity contribution in [1.82, 2.24) is 9.97 Å². The third kappa shape index (κ3) is 2.76. The van der Waals surface area contributed by atoms with Crippen molar-refractivity contribution in [3.63, 3.8) is 0 Å². The molecule has 0 aliphatic rings. The quantitative estimate of drug-likeness (QED) is 0.769. The van der Waals surface area contributed by atoms with Gasteiger partial charge in [-0.2, -0.15) is 0 Å². The fourth-order valence-corrected chi connectivity index (χ4v) is 2.38. The lowest BCUT2D eigenvalue weighted by Crippen LogP contribution is -2.05. The van der Waals surface area contributed by atoms with Crippen LogP contribution in [0.1, 0.15) is 19.4 Å². The number of aromatic amines is 1. The molecule has 0 saturated heterocycles. The van der Waals surface area contributed by atoms with Gasteiger partial charge < -0.3 is 15.5 Å². The van der Waals surface area contributed by atoms with E-state index in [1.807, 2.05) is 56.3 Å². The number of ether oxygens (including phenoxy) is 1. The molecule has 108 valence electrons. The predicted octanol–water partition coefficient (Wildman–Crippen LogP) is 3.48. The van der Waals surface area contributed by atoms with Gasteiger partial charge in [0.05, 0.1) is 17.1 Å². The van der Waals surface area contributed by atoms with Crippen molar-refractivity contribution in [3.8, 4) is 17.1 Å². The van der Waals surface area contributed by atoms with Gasteiger partial charge in [-0.15, -0.1) is 0 Å². The number of nitrogens with zero attached hydrogens (tertiary/aromatic N) is 1. The third-order valence-electron chi connectivity index (χ3n) is 3.30. The molecule has 4 nitrogen and oxygen atoms in total. The first-order chi connectivity index (χ1) is 10.2. The van der Waals surface area contributed by atoms with Crippen LogP contribution in [-0.4, -0.2) is 16.1 Å². The van der Waals surface area contributed by atoms with E-state index in [0.29, 0.717) is 6.54 Å². The highest BCUT2D eigenvalue weighted by molar-refractivity contribution is 5.82. The number of para-hydroxylation sites is 1.